The van der Waals surface area contributed by atoms with Crippen LogP contribution in [0.4, 0.5) is 23.7 Å². The number of carboxylic acid groups (broad SMARTS) is 1. The first-order valence-corrected chi connectivity index (χ1v) is 12.3. The van der Waals surface area contributed by atoms with Gasteiger partial charge in [0, 0.05) is 17.2 Å². The van der Waals surface area contributed by atoms with Crippen LogP contribution in [0, 0.1) is 22.7 Å². The zero-order chi connectivity index (χ0) is 29.4. The van der Waals surface area contributed by atoms with Crippen molar-refractivity contribution in [1.29, 1.82) is 5.26 Å². The van der Waals surface area contributed by atoms with Crippen LogP contribution in [0.25, 0.3) is 0 Å². The number of hydrogen-bond donors (Lipinski definition) is 1. The lowest BCUT2D eigenvalue weighted by Gasteiger charge is -2.48. The number of nitriles is 1. The van der Waals surface area contributed by atoms with E-state index in [2.05, 4.69) is 0 Å². The Balaban J connectivity index is 2.44. The number of benzene rings is 2. The van der Waals surface area contributed by atoms with Crippen LogP contribution in [0.5, 0.6) is 0 Å². The summed E-state index contributed by atoms with van der Waals surface area (Å²) in [4.78, 5) is 42.7. The smallest absolute Gasteiger partial charge is 0.416 e. The van der Waals surface area contributed by atoms with E-state index in [9.17, 15) is 37.9 Å². The van der Waals surface area contributed by atoms with Gasteiger partial charge < -0.3 is 5.11 Å². The Hall–Kier alpha value is -4.13. The minimum absolute atomic E-state index is 0.0854. The first-order chi connectivity index (χ1) is 18.0. The predicted molar refractivity (Wildman–Crippen MR) is 138 cm³/mol. The van der Waals surface area contributed by atoms with Crippen molar-refractivity contribution in [3.63, 3.8) is 0 Å². The second kappa shape index (κ2) is 10.6. The molecule has 0 radical (unpaired) electrons. The van der Waals surface area contributed by atoms with Gasteiger partial charge in [0.1, 0.15) is 6.04 Å². The maximum Gasteiger partial charge on any atom is 0.416 e. The Kier molecular flexibility index (Phi) is 7.97. The van der Waals surface area contributed by atoms with Gasteiger partial charge in [-0.1, -0.05) is 52.8 Å². The molecule has 39 heavy (non-hydrogen) atoms. The quantitative estimate of drug-likeness (QED) is 0.446. The maximum absolute atomic E-state index is 14.2. The molecular weight excluding hydrogens is 511 g/mol. The molecule has 2 aromatic carbocycles. The average molecular weight is 542 g/mol. The number of nitrogens with zero attached hydrogens (tertiary/aromatic N) is 3. The Morgan fingerprint density at radius 3 is 2.10 bits per heavy atom. The van der Waals surface area contributed by atoms with Gasteiger partial charge in [-0.3, -0.25) is 14.6 Å². The number of Topliss-reactive ketones (excluding diaryl/α,β-unsaturated/α-hetero) is 1. The second-order valence-electron chi connectivity index (χ2n) is 10.8. The van der Waals surface area contributed by atoms with E-state index in [4.69, 9.17) is 0 Å². The molecule has 0 saturated heterocycles. The number of urea groups is 1. The van der Waals surface area contributed by atoms with Gasteiger partial charge in [0.05, 0.1) is 28.9 Å². The zero-order valence-electron chi connectivity index (χ0n) is 22.5. The van der Waals surface area contributed by atoms with Crippen molar-refractivity contribution in [1.82, 2.24) is 4.90 Å². The number of ketones is 1. The molecule has 0 bridgehead atoms. The van der Waals surface area contributed by atoms with Gasteiger partial charge in [0.2, 0.25) is 0 Å². The van der Waals surface area contributed by atoms with Crippen LogP contribution in [0.3, 0.4) is 0 Å². The van der Waals surface area contributed by atoms with Gasteiger partial charge in [0.15, 0.2) is 5.78 Å². The van der Waals surface area contributed by atoms with E-state index < -0.39 is 52.9 Å². The van der Waals surface area contributed by atoms with Crippen molar-refractivity contribution in [3.8, 4) is 6.07 Å². The number of carbonyl (C=O) groups is 3. The molecule has 0 spiro atoms. The summed E-state index contributed by atoms with van der Waals surface area (Å²) in [6.07, 6.45) is -4.69. The fraction of sp³-hybridized carbons (Fsp3) is 0.379. The van der Waals surface area contributed by atoms with E-state index in [0.29, 0.717) is 11.1 Å². The Morgan fingerprint density at radius 2 is 1.64 bits per heavy atom. The molecule has 10 heteroatoms. The number of hydrogen-bond acceptors (Lipinski definition) is 4. The van der Waals surface area contributed by atoms with E-state index in [1.807, 2.05) is 6.07 Å². The van der Waals surface area contributed by atoms with Crippen molar-refractivity contribution >= 4 is 23.5 Å². The summed E-state index contributed by atoms with van der Waals surface area (Å²) in [5.74, 6) is -2.31. The van der Waals surface area contributed by atoms with Gasteiger partial charge in [-0.25, -0.2) is 9.59 Å². The van der Waals surface area contributed by atoms with Crippen LogP contribution in [-0.4, -0.2) is 33.8 Å². The molecule has 1 aliphatic rings. The van der Waals surface area contributed by atoms with Gasteiger partial charge in [-0.2, -0.15) is 18.4 Å². The SMILES string of the molecule is CC1=C(C(=O)C(C)C)[C@@H](c2ccc(C#N)cc2)N(C(C(=O)O)C(C)(C)C)C(=O)N1c1cccc(C(F)(F)F)c1. The Labute approximate surface area is 225 Å². The molecule has 1 N–H and O–H groups in total. The predicted octanol–water partition coefficient (Wildman–Crippen LogP) is 6.56. The molecule has 1 unspecified atom stereocenters. The number of anilines is 1. The van der Waals surface area contributed by atoms with Crippen LogP contribution >= 0.6 is 0 Å². The fourth-order valence-electron chi connectivity index (χ4n) is 4.81. The van der Waals surface area contributed by atoms with Crippen molar-refractivity contribution in [2.24, 2.45) is 11.3 Å². The van der Waals surface area contributed by atoms with E-state index in [1.54, 1.807) is 46.8 Å². The van der Waals surface area contributed by atoms with Crippen molar-refractivity contribution in [2.75, 3.05) is 4.90 Å². The highest BCUT2D eigenvalue weighted by Crippen LogP contribution is 2.45. The highest BCUT2D eigenvalue weighted by atomic mass is 19.4. The molecule has 3 rings (SSSR count). The molecule has 0 aromatic heterocycles. The summed E-state index contributed by atoms with van der Waals surface area (Å²) in [5, 5.41) is 19.6. The van der Waals surface area contributed by atoms with Crippen LogP contribution in [0.15, 0.2) is 59.8 Å². The number of halogens is 3. The lowest BCUT2D eigenvalue weighted by atomic mass is 9.80. The number of allylic oxidation sites excluding steroid dienone is 1. The molecule has 2 atom stereocenters. The van der Waals surface area contributed by atoms with Gasteiger partial charge >= 0.3 is 18.2 Å². The molecular formula is C29H30F3N3O4. The second-order valence-corrected chi connectivity index (χ2v) is 10.8. The lowest BCUT2D eigenvalue weighted by molar-refractivity contribution is -0.147. The summed E-state index contributed by atoms with van der Waals surface area (Å²) in [6.45, 7) is 9.63. The number of rotatable bonds is 6. The van der Waals surface area contributed by atoms with E-state index in [1.165, 1.54) is 25.1 Å². The van der Waals surface area contributed by atoms with Crippen molar-refractivity contribution in [2.45, 2.75) is 59.8 Å². The monoisotopic (exact) mass is 541 g/mol. The normalized spacial score (nSPS) is 17.4. The van der Waals surface area contributed by atoms with Gasteiger partial charge in [0.25, 0.3) is 0 Å². The van der Waals surface area contributed by atoms with Crippen molar-refractivity contribution in [3.05, 3.63) is 76.5 Å². The zero-order valence-corrected chi connectivity index (χ0v) is 22.5. The number of alkyl halides is 3. The summed E-state index contributed by atoms with van der Waals surface area (Å²) in [6, 6.07) is 8.68. The third-order valence-electron chi connectivity index (χ3n) is 6.60. The summed E-state index contributed by atoms with van der Waals surface area (Å²) in [5.41, 5.74) is -1.29. The molecule has 1 heterocycles. The molecule has 0 fully saturated rings. The number of aliphatic carboxylic acids is 1. The summed E-state index contributed by atoms with van der Waals surface area (Å²) in [7, 11) is 0. The van der Waals surface area contributed by atoms with Gasteiger partial charge in [-0.15, -0.1) is 0 Å². The molecule has 2 amide bonds. The fourth-order valence-corrected chi connectivity index (χ4v) is 4.81. The Bertz CT molecular complexity index is 1370. The van der Waals surface area contributed by atoms with Crippen LogP contribution in [-0.2, 0) is 15.8 Å². The van der Waals surface area contributed by atoms with E-state index >= 15 is 0 Å². The van der Waals surface area contributed by atoms with Crippen LogP contribution < -0.4 is 4.90 Å². The highest BCUT2D eigenvalue weighted by molar-refractivity contribution is 6.07. The molecule has 0 aliphatic carbocycles. The van der Waals surface area contributed by atoms with Crippen LogP contribution in [0.1, 0.15) is 64.3 Å². The third kappa shape index (κ3) is 5.67. The first-order valence-electron chi connectivity index (χ1n) is 12.3. The van der Waals surface area contributed by atoms with Crippen molar-refractivity contribution < 1.29 is 32.7 Å². The molecule has 7 nitrogen and oxygen atoms in total. The standard InChI is InChI=1S/C29H30F3N3O4/c1-16(2)24(36)22-17(3)34(21-9-7-8-20(14-21)29(30,31)32)27(39)35(25(26(37)38)28(4,5)6)23(22)19-12-10-18(15-33)11-13-19/h7-14,16,23,25H,1-6H3,(H,37,38)/t23-,25?/m1/s1. The molecule has 2 aromatic rings. The Morgan fingerprint density at radius 1 is 1.05 bits per heavy atom. The molecule has 206 valence electrons. The summed E-state index contributed by atoms with van der Waals surface area (Å²) < 4.78 is 40.7. The summed E-state index contributed by atoms with van der Waals surface area (Å²) >= 11 is 0. The first kappa shape index (κ1) is 29.4. The minimum atomic E-state index is -4.69. The number of carboxylic acids is 1. The average Bonchev–Trinajstić information content (AvgIpc) is 2.83. The van der Waals surface area contributed by atoms with Gasteiger partial charge in [-0.05, 0) is 48.2 Å². The molecule has 0 saturated carbocycles. The van der Waals surface area contributed by atoms with Crippen LogP contribution in [0.2, 0.25) is 0 Å². The van der Waals surface area contributed by atoms with E-state index in [-0.39, 0.29) is 17.0 Å². The number of carbonyl (C=O) groups excluding carboxylic acids is 2. The minimum Gasteiger partial charge on any atom is -0.480 e. The van der Waals surface area contributed by atoms with E-state index in [0.717, 1.165) is 28.0 Å². The highest BCUT2D eigenvalue weighted by Gasteiger charge is 2.50. The third-order valence-corrected chi connectivity index (χ3v) is 6.60. The molecule has 1 aliphatic heterocycles. The largest absolute Gasteiger partial charge is 0.480 e. The number of amides is 2. The maximum atomic E-state index is 14.2. The topological polar surface area (TPSA) is 102 Å². The lowest BCUT2D eigenvalue weighted by Crippen LogP contribution is -2.60.